The molecule has 8 heteroatoms. The highest BCUT2D eigenvalue weighted by Gasteiger charge is 2.29. The van der Waals surface area contributed by atoms with E-state index < -0.39 is 6.16 Å². The zero-order valence-corrected chi connectivity index (χ0v) is 18.8. The fraction of sp³-hybridized carbons (Fsp3) is 0.182. The van der Waals surface area contributed by atoms with Crippen LogP contribution in [0.3, 0.4) is 0 Å². The second kappa shape index (κ2) is 9.51. The molecule has 0 radical (unpaired) electrons. The average Bonchev–Trinajstić information content (AvgIpc) is 3.11. The quantitative estimate of drug-likeness (QED) is 0.385. The van der Waals surface area contributed by atoms with E-state index in [4.69, 9.17) is 27.9 Å². The van der Waals surface area contributed by atoms with E-state index in [0.717, 1.165) is 10.4 Å². The molecular weight excluding hydrogens is 445 g/mol. The maximum Gasteiger partial charge on any atom is 0.514 e. The molecule has 0 saturated heterocycles. The molecule has 0 atom stereocenters. The number of anilines is 1. The lowest BCUT2D eigenvalue weighted by Gasteiger charge is -2.27. The molecule has 30 heavy (non-hydrogen) atoms. The third-order valence-corrected chi connectivity index (χ3v) is 5.84. The lowest BCUT2D eigenvalue weighted by Crippen LogP contribution is -2.37. The SMILES string of the molecule is COC(=O)Oc1sc(-c2ccccc2)cc1N(C(=O)c1ccc(Cl)cc1Cl)C(C)C. The Bertz CT molecular complexity index is 1070. The van der Waals surface area contributed by atoms with Gasteiger partial charge in [0.25, 0.3) is 5.91 Å². The van der Waals surface area contributed by atoms with Gasteiger partial charge in [-0.05, 0) is 43.7 Å². The number of benzene rings is 2. The lowest BCUT2D eigenvalue weighted by molar-refractivity contribution is 0.0977. The molecule has 0 aliphatic rings. The predicted molar refractivity (Wildman–Crippen MR) is 121 cm³/mol. The van der Waals surface area contributed by atoms with Crippen molar-refractivity contribution in [3.63, 3.8) is 0 Å². The van der Waals surface area contributed by atoms with Gasteiger partial charge in [0.15, 0.2) is 0 Å². The number of ether oxygens (including phenoxy) is 2. The lowest BCUT2D eigenvalue weighted by atomic mass is 10.1. The first-order valence-corrected chi connectivity index (χ1v) is 10.6. The molecule has 3 aromatic rings. The van der Waals surface area contributed by atoms with Crippen LogP contribution in [0.5, 0.6) is 5.06 Å². The van der Waals surface area contributed by atoms with Gasteiger partial charge in [0, 0.05) is 15.9 Å². The second-order valence-electron chi connectivity index (χ2n) is 6.60. The molecule has 0 aliphatic carbocycles. The highest BCUT2D eigenvalue weighted by molar-refractivity contribution is 7.18. The number of nitrogens with zero attached hydrogens (tertiary/aromatic N) is 1. The Balaban J connectivity index is 2.11. The Morgan fingerprint density at radius 3 is 2.33 bits per heavy atom. The van der Waals surface area contributed by atoms with E-state index in [1.807, 2.05) is 50.2 Å². The van der Waals surface area contributed by atoms with E-state index in [0.29, 0.717) is 16.3 Å². The van der Waals surface area contributed by atoms with Gasteiger partial charge in [-0.1, -0.05) is 64.9 Å². The largest absolute Gasteiger partial charge is 0.514 e. The highest BCUT2D eigenvalue weighted by atomic mass is 35.5. The van der Waals surface area contributed by atoms with Crippen LogP contribution in [0, 0.1) is 0 Å². The van der Waals surface area contributed by atoms with Gasteiger partial charge in [-0.3, -0.25) is 4.79 Å². The first kappa shape index (κ1) is 22.2. The van der Waals surface area contributed by atoms with Crippen LogP contribution in [-0.4, -0.2) is 25.2 Å². The summed E-state index contributed by atoms with van der Waals surface area (Å²) in [6.45, 7) is 3.73. The first-order valence-electron chi connectivity index (χ1n) is 9.05. The number of amides is 1. The Labute approximate surface area is 188 Å². The summed E-state index contributed by atoms with van der Waals surface area (Å²) in [6.07, 6.45) is -0.863. The molecule has 0 saturated carbocycles. The molecule has 156 valence electrons. The van der Waals surface area contributed by atoms with Crippen LogP contribution >= 0.6 is 34.5 Å². The van der Waals surface area contributed by atoms with E-state index in [9.17, 15) is 9.59 Å². The fourth-order valence-corrected chi connectivity index (χ4v) is 4.37. The van der Waals surface area contributed by atoms with Crippen molar-refractivity contribution in [3.05, 3.63) is 70.2 Å². The second-order valence-corrected chi connectivity index (χ2v) is 8.46. The smallest absolute Gasteiger partial charge is 0.437 e. The number of halogens is 2. The van der Waals surface area contributed by atoms with Gasteiger partial charge < -0.3 is 14.4 Å². The number of methoxy groups -OCH3 is 1. The van der Waals surface area contributed by atoms with Crippen LogP contribution in [0.1, 0.15) is 24.2 Å². The first-order chi connectivity index (χ1) is 14.3. The van der Waals surface area contributed by atoms with Crippen LogP contribution in [0.25, 0.3) is 10.4 Å². The molecule has 1 heterocycles. The van der Waals surface area contributed by atoms with Crippen molar-refractivity contribution in [2.45, 2.75) is 19.9 Å². The molecule has 0 unspecified atom stereocenters. The number of carbonyl (C=O) groups is 2. The number of hydrogen-bond donors (Lipinski definition) is 0. The van der Waals surface area contributed by atoms with Crippen LogP contribution in [-0.2, 0) is 4.74 Å². The van der Waals surface area contributed by atoms with Gasteiger partial charge in [-0.15, -0.1) is 0 Å². The minimum atomic E-state index is -0.863. The molecule has 3 rings (SSSR count). The van der Waals surface area contributed by atoms with Gasteiger partial charge in [-0.2, -0.15) is 0 Å². The monoisotopic (exact) mass is 463 g/mol. The summed E-state index contributed by atoms with van der Waals surface area (Å²) in [7, 11) is 1.23. The highest BCUT2D eigenvalue weighted by Crippen LogP contribution is 2.44. The standard InChI is InChI=1S/C22H19Cl2NO4S/c1-13(2)25(20(26)16-10-9-15(23)11-17(16)24)18-12-19(14-7-5-4-6-8-14)30-21(18)29-22(27)28-3/h4-13H,1-3H3. The third-order valence-electron chi connectivity index (χ3n) is 4.24. The molecule has 0 N–H and O–H groups in total. The number of thiophene rings is 1. The summed E-state index contributed by atoms with van der Waals surface area (Å²) in [5, 5.41) is 0.934. The number of rotatable bonds is 5. The van der Waals surface area contributed by atoms with Crippen molar-refractivity contribution in [2.24, 2.45) is 0 Å². The van der Waals surface area contributed by atoms with Crippen molar-refractivity contribution >= 4 is 52.3 Å². The Morgan fingerprint density at radius 2 is 1.73 bits per heavy atom. The van der Waals surface area contributed by atoms with Gasteiger partial charge in [-0.25, -0.2) is 4.79 Å². The summed E-state index contributed by atoms with van der Waals surface area (Å²) in [5.41, 5.74) is 1.69. The van der Waals surface area contributed by atoms with Crippen LogP contribution < -0.4 is 9.64 Å². The maximum absolute atomic E-state index is 13.4. The molecule has 1 amide bonds. The van der Waals surface area contributed by atoms with Crippen LogP contribution in [0.15, 0.2) is 54.6 Å². The van der Waals surface area contributed by atoms with Crippen LogP contribution in [0.4, 0.5) is 10.5 Å². The molecule has 2 aromatic carbocycles. The van der Waals surface area contributed by atoms with Gasteiger partial charge in [0.1, 0.15) is 0 Å². The summed E-state index contributed by atoms with van der Waals surface area (Å²) in [6, 6.07) is 15.9. The summed E-state index contributed by atoms with van der Waals surface area (Å²) in [5.74, 6) is -0.334. The van der Waals surface area contributed by atoms with Crippen molar-refractivity contribution in [3.8, 4) is 15.5 Å². The summed E-state index contributed by atoms with van der Waals surface area (Å²) < 4.78 is 10.0. The molecule has 5 nitrogen and oxygen atoms in total. The topological polar surface area (TPSA) is 55.8 Å². The third kappa shape index (κ3) is 4.78. The van der Waals surface area contributed by atoms with Crippen molar-refractivity contribution in [1.82, 2.24) is 0 Å². The van der Waals surface area contributed by atoms with Crippen LogP contribution in [0.2, 0.25) is 10.0 Å². The molecule has 0 fully saturated rings. The summed E-state index contributed by atoms with van der Waals surface area (Å²) >= 11 is 13.5. The molecule has 1 aromatic heterocycles. The minimum Gasteiger partial charge on any atom is -0.437 e. The normalized spacial score (nSPS) is 10.7. The van der Waals surface area contributed by atoms with Crippen molar-refractivity contribution in [1.29, 1.82) is 0 Å². The molecule has 0 aliphatic heterocycles. The van der Waals surface area contributed by atoms with Gasteiger partial charge in [0.05, 0.1) is 23.4 Å². The van der Waals surface area contributed by atoms with Crippen molar-refractivity contribution < 1.29 is 19.1 Å². The average molecular weight is 464 g/mol. The van der Waals surface area contributed by atoms with E-state index in [2.05, 4.69) is 4.74 Å². The zero-order valence-electron chi connectivity index (χ0n) is 16.5. The van der Waals surface area contributed by atoms with Crippen molar-refractivity contribution in [2.75, 3.05) is 12.0 Å². The Hall–Kier alpha value is -2.54. The van der Waals surface area contributed by atoms with Gasteiger partial charge in [0.2, 0.25) is 5.06 Å². The van der Waals surface area contributed by atoms with E-state index in [-0.39, 0.29) is 22.0 Å². The van der Waals surface area contributed by atoms with Gasteiger partial charge >= 0.3 is 6.16 Å². The minimum absolute atomic E-state index is 0.243. The molecular formula is C22H19Cl2NO4S. The Morgan fingerprint density at radius 1 is 1.03 bits per heavy atom. The molecule has 0 bridgehead atoms. The Kier molecular flexibility index (Phi) is 7.02. The van der Waals surface area contributed by atoms with E-state index >= 15 is 0 Å². The zero-order chi connectivity index (χ0) is 21.8. The maximum atomic E-state index is 13.4. The number of hydrogen-bond acceptors (Lipinski definition) is 5. The van der Waals surface area contributed by atoms with E-state index in [1.165, 1.54) is 29.4 Å². The number of carbonyl (C=O) groups excluding carboxylic acids is 2. The van der Waals surface area contributed by atoms with E-state index in [1.54, 1.807) is 12.1 Å². The molecule has 0 spiro atoms. The predicted octanol–water partition coefficient (Wildman–Crippen LogP) is 6.92. The fourth-order valence-electron chi connectivity index (χ4n) is 2.88. The summed E-state index contributed by atoms with van der Waals surface area (Å²) in [4.78, 5) is 27.6.